The van der Waals surface area contributed by atoms with Crippen LogP contribution in [0.15, 0.2) is 94.3 Å². The van der Waals surface area contributed by atoms with Crippen molar-refractivity contribution in [2.45, 2.75) is 43.0 Å². The monoisotopic (exact) mass is 613 g/mol. The number of carbonyl (C=O) groups excluding carboxylic acids is 2. The highest BCUT2D eigenvalue weighted by Crippen LogP contribution is 2.49. The molecule has 0 radical (unpaired) electrons. The third kappa shape index (κ3) is 7.21. The van der Waals surface area contributed by atoms with Crippen molar-refractivity contribution in [1.29, 1.82) is 0 Å². The summed E-state index contributed by atoms with van der Waals surface area (Å²) in [5.74, 6) is 0.792. The number of ether oxygens (including phenoxy) is 1. The molecule has 0 bridgehead atoms. The van der Waals surface area contributed by atoms with E-state index >= 15 is 0 Å². The van der Waals surface area contributed by atoms with Crippen LogP contribution in [-0.2, 0) is 29.8 Å². The summed E-state index contributed by atoms with van der Waals surface area (Å²) in [6, 6.07) is 23.5. The van der Waals surface area contributed by atoms with Crippen molar-refractivity contribution >= 4 is 45.7 Å². The zero-order chi connectivity index (χ0) is 31.1. The van der Waals surface area contributed by atoms with Gasteiger partial charge in [-0.1, -0.05) is 59.5 Å². The van der Waals surface area contributed by atoms with Gasteiger partial charge in [0.25, 0.3) is 0 Å². The number of aromatic nitrogens is 2. The summed E-state index contributed by atoms with van der Waals surface area (Å²) >= 11 is 0. The van der Waals surface area contributed by atoms with Crippen molar-refractivity contribution in [2.24, 2.45) is 4.36 Å². The average Bonchev–Trinajstić information content (AvgIpc) is 3.85. The Morgan fingerprint density at radius 2 is 1.70 bits per heavy atom. The van der Waals surface area contributed by atoms with Gasteiger partial charge in [-0.2, -0.15) is 4.98 Å². The number of hydrogen-bond acceptors (Lipinski definition) is 10. The van der Waals surface area contributed by atoms with E-state index in [1.807, 2.05) is 61.5 Å². The molecule has 1 aliphatic rings. The van der Waals surface area contributed by atoms with Gasteiger partial charge in [0.15, 0.2) is 0 Å². The van der Waals surface area contributed by atoms with E-state index in [2.05, 4.69) is 30.3 Å². The lowest BCUT2D eigenvalue weighted by Crippen LogP contribution is -2.27. The lowest BCUT2D eigenvalue weighted by atomic mass is 9.95. The van der Waals surface area contributed by atoms with E-state index in [0.717, 1.165) is 24.0 Å². The first-order chi connectivity index (χ1) is 21.3. The molecule has 0 saturated heterocycles. The first-order valence-corrected chi connectivity index (χ1v) is 15.3. The predicted octanol–water partition coefficient (Wildman–Crippen LogP) is 6.01. The van der Waals surface area contributed by atoms with Crippen molar-refractivity contribution in [2.75, 3.05) is 29.2 Å². The molecule has 1 aromatic heterocycles. The molecule has 1 heterocycles. The Kier molecular flexibility index (Phi) is 9.51. The van der Waals surface area contributed by atoms with Crippen LogP contribution in [0.25, 0.3) is 11.1 Å². The van der Waals surface area contributed by atoms with Gasteiger partial charge in [0, 0.05) is 29.2 Å². The van der Waals surface area contributed by atoms with Gasteiger partial charge >= 0.3 is 6.09 Å². The van der Waals surface area contributed by atoms with Crippen LogP contribution in [0.2, 0.25) is 0 Å². The second kappa shape index (κ2) is 13.7. The Bertz CT molecular complexity index is 1700. The van der Waals surface area contributed by atoms with E-state index in [1.165, 1.54) is 0 Å². The van der Waals surface area contributed by atoms with Crippen LogP contribution in [-0.4, -0.2) is 46.3 Å². The Balaban J connectivity index is 1.31. The van der Waals surface area contributed by atoms with Gasteiger partial charge in [-0.15, -0.1) is 10.6 Å². The van der Waals surface area contributed by atoms with Gasteiger partial charge in [0.2, 0.25) is 11.9 Å². The minimum atomic E-state index is -1.89. The van der Waals surface area contributed by atoms with Gasteiger partial charge in [-0.05, 0) is 62.1 Å². The van der Waals surface area contributed by atoms with Crippen LogP contribution >= 0.6 is 0 Å². The first-order valence-electron chi connectivity index (χ1n) is 14.2. The van der Waals surface area contributed by atoms with Crippen LogP contribution in [0.5, 0.6) is 0 Å². The number of amides is 2. The summed E-state index contributed by atoms with van der Waals surface area (Å²) in [5, 5.41) is 19.1. The average molecular weight is 614 g/mol. The maximum Gasteiger partial charge on any atom is 0.410 e. The maximum atomic E-state index is 13.2. The fourth-order valence-electron chi connectivity index (χ4n) is 4.61. The number of aliphatic hydroxyl groups is 1. The Hall–Kier alpha value is -4.81. The molecule has 12 heteroatoms. The second-order valence-corrected chi connectivity index (χ2v) is 11.5. The fourth-order valence-corrected chi connectivity index (χ4v) is 5.27. The van der Waals surface area contributed by atoms with Crippen molar-refractivity contribution < 1.29 is 23.6 Å². The molecule has 44 heavy (non-hydrogen) atoms. The highest BCUT2D eigenvalue weighted by atomic mass is 32.2. The molecule has 3 aromatic carbocycles. The molecule has 1 saturated carbocycles. The van der Waals surface area contributed by atoms with Crippen LogP contribution in [0.3, 0.4) is 0 Å². The summed E-state index contributed by atoms with van der Waals surface area (Å²) in [4.78, 5) is 34.1. The van der Waals surface area contributed by atoms with E-state index in [4.69, 9.17) is 4.74 Å². The number of carbonyl (C=O) groups is 2. The van der Waals surface area contributed by atoms with Gasteiger partial charge in [0.05, 0.1) is 18.6 Å². The highest BCUT2D eigenvalue weighted by Gasteiger charge is 2.51. The molecule has 11 nitrogen and oxygen atoms in total. The van der Waals surface area contributed by atoms with Crippen molar-refractivity contribution in [1.82, 2.24) is 9.97 Å². The Morgan fingerprint density at radius 1 is 1.02 bits per heavy atom. The number of aliphatic hydroxyl groups excluding tert-OH is 1. The van der Waals surface area contributed by atoms with Gasteiger partial charge in [0.1, 0.15) is 5.82 Å². The van der Waals surface area contributed by atoms with Gasteiger partial charge in [-0.3, -0.25) is 9.16 Å². The topological polar surface area (TPSA) is 155 Å². The van der Waals surface area contributed by atoms with Gasteiger partial charge < -0.3 is 30.0 Å². The van der Waals surface area contributed by atoms with Gasteiger partial charge in [-0.25, -0.2) is 9.78 Å². The third-order valence-electron chi connectivity index (χ3n) is 7.15. The maximum absolute atomic E-state index is 13.2. The van der Waals surface area contributed by atoms with E-state index in [0.29, 0.717) is 33.6 Å². The summed E-state index contributed by atoms with van der Waals surface area (Å²) in [6.45, 7) is 3.52. The van der Waals surface area contributed by atoms with Crippen LogP contribution in [0.1, 0.15) is 32.3 Å². The molecular formula is C32H33N6O5S-. The summed E-state index contributed by atoms with van der Waals surface area (Å²) in [7, 11) is -1.89. The minimum Gasteiger partial charge on any atom is -0.450 e. The predicted molar refractivity (Wildman–Crippen MR) is 169 cm³/mol. The number of hydrogen-bond donors (Lipinski definition) is 4. The second-order valence-electron chi connectivity index (χ2n) is 10.4. The molecule has 1 fully saturated rings. The molecular weight excluding hydrogens is 580 g/mol. The molecule has 1 unspecified atom stereocenters. The largest absolute Gasteiger partial charge is 0.450 e. The number of nitrogens with zero attached hydrogens (tertiary/aromatic N) is 3. The Labute approximate surface area is 257 Å². The van der Waals surface area contributed by atoms with Crippen LogP contribution < -0.4 is 16.0 Å². The quantitative estimate of drug-likeness (QED) is 0.149. The fraction of sp³-hybridized carbons (Fsp3) is 0.250. The summed E-state index contributed by atoms with van der Waals surface area (Å²) in [5.41, 5.74) is 3.41. The van der Waals surface area contributed by atoms with Crippen molar-refractivity contribution in [3.05, 3.63) is 90.6 Å². The standard InChI is InChI=1S/C32H33N6O5S/c1-3-43-31(41)38-44(42)26-15-13-25(14-16-26)36-30-33-19-27(28(37-30)34-21(2)20-39)22-9-11-24(12-10-22)35-29(40)32(17-18-32)23-7-5-4-6-8-23/h4-16,19,21,39H,3,17-18,20H2,1-2H3,(H,35,40)(H2,33,34,36,37)/q-1. The smallest absolute Gasteiger partial charge is 0.410 e. The number of anilines is 4. The van der Waals surface area contributed by atoms with E-state index in [1.54, 1.807) is 37.4 Å². The number of nitrogens with one attached hydrogen (secondary N) is 3. The summed E-state index contributed by atoms with van der Waals surface area (Å²) in [6.07, 6.45) is 2.44. The lowest BCUT2D eigenvalue weighted by molar-refractivity contribution is -0.118. The van der Waals surface area contributed by atoms with Crippen molar-refractivity contribution in [3.8, 4) is 11.1 Å². The first kappa shape index (κ1) is 30.6. The van der Waals surface area contributed by atoms with E-state index < -0.39 is 22.1 Å². The molecule has 0 aliphatic heterocycles. The van der Waals surface area contributed by atoms with Crippen LogP contribution in [0.4, 0.5) is 27.9 Å². The molecule has 1 atom stereocenters. The van der Waals surface area contributed by atoms with E-state index in [-0.39, 0.29) is 25.2 Å². The highest BCUT2D eigenvalue weighted by molar-refractivity contribution is 7.75. The Morgan fingerprint density at radius 3 is 2.34 bits per heavy atom. The molecule has 4 aromatic rings. The normalized spacial score (nSPS) is 14.7. The number of rotatable bonds is 11. The zero-order valence-corrected chi connectivity index (χ0v) is 25.1. The SMILES string of the molecule is CCOC(=O)N=[S-](=O)c1ccc(Nc2ncc(-c3ccc(NC(=O)C4(c5ccccc5)CC4)cc3)c(NC(C)CO)n2)cc1. The minimum absolute atomic E-state index is 0.0120. The summed E-state index contributed by atoms with van der Waals surface area (Å²) < 4.78 is 20.5. The molecule has 1 aliphatic carbocycles. The lowest BCUT2D eigenvalue weighted by Gasteiger charge is -2.18. The molecule has 2 amide bonds. The van der Waals surface area contributed by atoms with Crippen molar-refractivity contribution in [3.63, 3.8) is 0 Å². The molecule has 5 rings (SSSR count). The van der Waals surface area contributed by atoms with Crippen LogP contribution in [0, 0.1) is 0 Å². The molecule has 228 valence electrons. The molecule has 0 spiro atoms. The number of benzene rings is 3. The molecule has 4 N–H and O–H groups in total. The third-order valence-corrected chi connectivity index (χ3v) is 8.14. The van der Waals surface area contributed by atoms with E-state index in [9.17, 15) is 18.9 Å². The zero-order valence-electron chi connectivity index (χ0n) is 24.3.